The molecule has 9 nitrogen and oxygen atoms in total. The molecule has 0 radical (unpaired) electrons. The van der Waals surface area contributed by atoms with Crippen molar-refractivity contribution in [3.63, 3.8) is 0 Å². The first-order chi connectivity index (χ1) is 16.2. The van der Waals surface area contributed by atoms with E-state index in [9.17, 15) is 9.59 Å². The first kappa shape index (κ1) is 20.8. The number of carbonyl (C=O) groups is 2. The van der Waals surface area contributed by atoms with Gasteiger partial charge < -0.3 is 23.8 Å². The molecule has 4 aliphatic rings. The SMILES string of the molecule is O=C(CSc1nnc(C2CC2)n1C1CC1)N1CCN(C(=O)C2COc3ccccc3O2)CC1. The van der Waals surface area contributed by atoms with E-state index in [1.54, 1.807) is 11.0 Å². The summed E-state index contributed by atoms with van der Waals surface area (Å²) in [4.78, 5) is 29.4. The maximum atomic E-state index is 12.9. The molecule has 2 aliphatic carbocycles. The number of amides is 2. The van der Waals surface area contributed by atoms with Crippen molar-refractivity contribution in [3.05, 3.63) is 30.1 Å². The van der Waals surface area contributed by atoms with Crippen LogP contribution in [0.15, 0.2) is 29.4 Å². The number of thioether (sulfide) groups is 1. The summed E-state index contributed by atoms with van der Waals surface area (Å²) in [7, 11) is 0. The van der Waals surface area contributed by atoms with Crippen LogP contribution in [-0.4, -0.2) is 81.0 Å². The molecule has 1 atom stereocenters. The normalized spacial score (nSPS) is 22.4. The largest absolute Gasteiger partial charge is 0.485 e. The Morgan fingerprint density at radius 3 is 2.42 bits per heavy atom. The van der Waals surface area contributed by atoms with Gasteiger partial charge in [0.15, 0.2) is 16.7 Å². The minimum atomic E-state index is -0.646. The van der Waals surface area contributed by atoms with Crippen molar-refractivity contribution in [3.8, 4) is 11.5 Å². The number of aromatic nitrogens is 3. The topological polar surface area (TPSA) is 89.8 Å². The van der Waals surface area contributed by atoms with E-state index >= 15 is 0 Å². The lowest BCUT2D eigenvalue weighted by Crippen LogP contribution is -2.55. The van der Waals surface area contributed by atoms with Gasteiger partial charge in [-0.1, -0.05) is 23.9 Å². The fourth-order valence-electron chi connectivity index (χ4n) is 4.42. The Hall–Kier alpha value is -2.75. The Labute approximate surface area is 196 Å². The third-order valence-electron chi connectivity index (χ3n) is 6.60. The smallest absolute Gasteiger partial charge is 0.267 e. The van der Waals surface area contributed by atoms with Gasteiger partial charge in [0.05, 0.1) is 5.75 Å². The number of nitrogens with zero attached hydrogens (tertiary/aromatic N) is 5. The number of ether oxygens (including phenoxy) is 2. The van der Waals surface area contributed by atoms with Crippen LogP contribution in [0.1, 0.15) is 43.5 Å². The Bertz CT molecular complexity index is 1060. The van der Waals surface area contributed by atoms with Gasteiger partial charge in [-0.15, -0.1) is 10.2 Å². The summed E-state index contributed by atoms with van der Waals surface area (Å²) in [6, 6.07) is 7.89. The molecule has 2 saturated carbocycles. The lowest BCUT2D eigenvalue weighted by molar-refractivity contribution is -0.145. The number of para-hydroxylation sites is 2. The molecule has 6 rings (SSSR count). The third kappa shape index (κ3) is 4.28. The van der Waals surface area contributed by atoms with Crippen LogP contribution in [0.25, 0.3) is 0 Å². The van der Waals surface area contributed by atoms with E-state index in [4.69, 9.17) is 9.47 Å². The molecule has 2 amide bonds. The highest BCUT2D eigenvalue weighted by molar-refractivity contribution is 7.99. The van der Waals surface area contributed by atoms with E-state index in [1.807, 2.05) is 23.1 Å². The number of benzene rings is 1. The second kappa shape index (κ2) is 8.55. The standard InChI is InChI=1S/C23H27N5O4S/c29-20(14-33-23-25-24-21(15-5-6-15)28(23)16-7-8-16)26-9-11-27(12-10-26)22(30)19-13-31-17-3-1-2-4-18(17)32-19/h1-4,15-16,19H,5-14H2. The molecule has 1 aromatic carbocycles. The third-order valence-corrected chi connectivity index (χ3v) is 7.53. The number of hydrogen-bond acceptors (Lipinski definition) is 7. The summed E-state index contributed by atoms with van der Waals surface area (Å²) in [6.45, 7) is 2.26. The van der Waals surface area contributed by atoms with E-state index < -0.39 is 6.10 Å². The van der Waals surface area contributed by atoms with Crippen LogP contribution in [0.5, 0.6) is 11.5 Å². The van der Waals surface area contributed by atoms with E-state index in [-0.39, 0.29) is 18.4 Å². The molecule has 3 heterocycles. The molecule has 3 fully saturated rings. The number of piperazine rings is 1. The molecule has 2 aromatic rings. The number of carbonyl (C=O) groups excluding carboxylic acids is 2. The molecule has 174 valence electrons. The van der Waals surface area contributed by atoms with Crippen molar-refractivity contribution < 1.29 is 19.1 Å². The predicted molar refractivity (Wildman–Crippen MR) is 121 cm³/mol. The number of fused-ring (bicyclic) bond motifs is 1. The second-order valence-corrected chi connectivity index (χ2v) is 10.0. The molecular formula is C23H27N5O4S. The first-order valence-corrected chi connectivity index (χ1v) is 12.7. The van der Waals surface area contributed by atoms with Gasteiger partial charge in [0, 0.05) is 38.1 Å². The van der Waals surface area contributed by atoms with Crippen LogP contribution in [0.3, 0.4) is 0 Å². The van der Waals surface area contributed by atoms with Gasteiger partial charge in [0.25, 0.3) is 5.91 Å². The van der Waals surface area contributed by atoms with Gasteiger partial charge in [-0.2, -0.15) is 0 Å². The van der Waals surface area contributed by atoms with Gasteiger partial charge in [-0.25, -0.2) is 0 Å². The molecule has 0 spiro atoms. The molecule has 0 bridgehead atoms. The number of hydrogen-bond donors (Lipinski definition) is 0. The minimum Gasteiger partial charge on any atom is -0.485 e. The Morgan fingerprint density at radius 1 is 0.970 bits per heavy atom. The predicted octanol–water partition coefficient (Wildman–Crippen LogP) is 2.09. The zero-order valence-corrected chi connectivity index (χ0v) is 19.2. The van der Waals surface area contributed by atoms with Gasteiger partial charge in [0.1, 0.15) is 12.4 Å². The lowest BCUT2D eigenvalue weighted by Gasteiger charge is -2.37. The maximum absolute atomic E-state index is 12.9. The van der Waals surface area contributed by atoms with Crippen LogP contribution in [-0.2, 0) is 9.59 Å². The first-order valence-electron chi connectivity index (χ1n) is 11.7. The van der Waals surface area contributed by atoms with E-state index in [2.05, 4.69) is 14.8 Å². The quantitative estimate of drug-likeness (QED) is 0.599. The maximum Gasteiger partial charge on any atom is 0.267 e. The zero-order chi connectivity index (χ0) is 22.4. The lowest BCUT2D eigenvalue weighted by atomic mass is 10.2. The van der Waals surface area contributed by atoms with Crippen molar-refractivity contribution in [2.24, 2.45) is 0 Å². The van der Waals surface area contributed by atoms with Gasteiger partial charge >= 0.3 is 0 Å². The summed E-state index contributed by atoms with van der Waals surface area (Å²) >= 11 is 1.49. The molecule has 10 heteroatoms. The Balaban J connectivity index is 1.01. The van der Waals surface area contributed by atoms with E-state index in [0.29, 0.717) is 55.4 Å². The van der Waals surface area contributed by atoms with Crippen molar-refractivity contribution in [2.75, 3.05) is 38.5 Å². The Kier molecular flexibility index (Phi) is 5.40. The molecule has 0 N–H and O–H groups in total. The number of rotatable bonds is 6. The summed E-state index contributed by atoms with van der Waals surface area (Å²) in [5.74, 6) is 3.26. The highest BCUT2D eigenvalue weighted by Gasteiger charge is 2.37. The van der Waals surface area contributed by atoms with Gasteiger partial charge in [0.2, 0.25) is 12.0 Å². The van der Waals surface area contributed by atoms with Crippen molar-refractivity contribution in [1.82, 2.24) is 24.6 Å². The average molecular weight is 470 g/mol. The van der Waals surface area contributed by atoms with Crippen LogP contribution in [0.2, 0.25) is 0 Å². The molecule has 33 heavy (non-hydrogen) atoms. The van der Waals surface area contributed by atoms with Crippen LogP contribution in [0, 0.1) is 0 Å². The molecule has 1 unspecified atom stereocenters. The molecular weight excluding hydrogens is 442 g/mol. The fraction of sp³-hybridized carbons (Fsp3) is 0.565. The molecule has 2 aliphatic heterocycles. The van der Waals surface area contributed by atoms with Crippen LogP contribution < -0.4 is 9.47 Å². The second-order valence-electron chi connectivity index (χ2n) is 9.08. The highest BCUT2D eigenvalue weighted by Crippen LogP contribution is 2.46. The van der Waals surface area contributed by atoms with E-state index in [1.165, 1.54) is 37.4 Å². The van der Waals surface area contributed by atoms with Crippen LogP contribution in [0.4, 0.5) is 0 Å². The zero-order valence-electron chi connectivity index (χ0n) is 18.4. The Morgan fingerprint density at radius 2 is 1.70 bits per heavy atom. The summed E-state index contributed by atoms with van der Waals surface area (Å²) in [6.07, 6.45) is 4.10. The van der Waals surface area contributed by atoms with E-state index in [0.717, 1.165) is 11.0 Å². The molecule has 1 saturated heterocycles. The van der Waals surface area contributed by atoms with Gasteiger partial charge in [-0.3, -0.25) is 9.59 Å². The average Bonchev–Trinajstić information content (AvgIpc) is 3.80. The van der Waals surface area contributed by atoms with Crippen LogP contribution >= 0.6 is 11.8 Å². The van der Waals surface area contributed by atoms with Crippen molar-refractivity contribution >= 4 is 23.6 Å². The van der Waals surface area contributed by atoms with Crippen molar-refractivity contribution in [1.29, 1.82) is 0 Å². The highest BCUT2D eigenvalue weighted by atomic mass is 32.2. The fourth-order valence-corrected chi connectivity index (χ4v) is 5.34. The minimum absolute atomic E-state index is 0.0802. The summed E-state index contributed by atoms with van der Waals surface area (Å²) in [5.41, 5.74) is 0. The van der Waals surface area contributed by atoms with Gasteiger partial charge in [-0.05, 0) is 37.8 Å². The summed E-state index contributed by atoms with van der Waals surface area (Å²) in [5, 5.41) is 9.68. The van der Waals surface area contributed by atoms with Crippen molar-refractivity contribution in [2.45, 2.75) is 48.9 Å². The molecule has 1 aromatic heterocycles. The summed E-state index contributed by atoms with van der Waals surface area (Å²) < 4.78 is 13.8. The monoisotopic (exact) mass is 469 g/mol.